The van der Waals surface area contributed by atoms with Crippen LogP contribution in [0.25, 0.3) is 0 Å². The Balaban J connectivity index is 3.11. The number of nitrogens with two attached hydrogens (primary N) is 1. The summed E-state index contributed by atoms with van der Waals surface area (Å²) in [4.78, 5) is 13.8. The Bertz CT molecular complexity index is 459. The minimum atomic E-state index is 0.0468. The van der Waals surface area contributed by atoms with E-state index < -0.39 is 0 Å². The van der Waals surface area contributed by atoms with Gasteiger partial charge in [-0.15, -0.1) is 0 Å². The minimum absolute atomic E-state index is 0.0468. The number of amides is 1. The average Bonchev–Trinajstić information content (AvgIpc) is 2.36. The highest BCUT2D eigenvalue weighted by molar-refractivity contribution is 5.94. The summed E-state index contributed by atoms with van der Waals surface area (Å²) in [6.07, 6.45) is 3.07. The molecule has 2 N–H and O–H groups in total. The molecule has 0 saturated carbocycles. The lowest BCUT2D eigenvalue weighted by Crippen LogP contribution is -2.23. The van der Waals surface area contributed by atoms with Gasteiger partial charge in [0.15, 0.2) is 0 Å². The number of carbonyl (C=O) groups excluding carboxylic acids is 1. The van der Waals surface area contributed by atoms with Crippen LogP contribution in [0.1, 0.15) is 55.1 Å². The third-order valence-corrected chi connectivity index (χ3v) is 3.43. The highest BCUT2D eigenvalue weighted by Gasteiger charge is 2.18. The monoisotopic (exact) mass is 276 g/mol. The van der Waals surface area contributed by atoms with Crippen molar-refractivity contribution in [3.8, 4) is 0 Å². The molecule has 0 saturated heterocycles. The number of hydrogen-bond donors (Lipinski definition) is 1. The van der Waals surface area contributed by atoms with Gasteiger partial charge in [0.25, 0.3) is 5.91 Å². The Hall–Kier alpha value is -1.35. The molecule has 0 bridgehead atoms. The number of rotatable bonds is 5. The van der Waals surface area contributed by atoms with E-state index in [1.54, 1.807) is 19.0 Å². The number of carbonyl (C=O) groups is 1. The summed E-state index contributed by atoms with van der Waals surface area (Å²) in [6.45, 7) is 7.25. The third-order valence-electron chi connectivity index (χ3n) is 3.43. The molecule has 0 aliphatic rings. The highest BCUT2D eigenvalue weighted by atomic mass is 16.2. The molecule has 0 fully saturated rings. The van der Waals surface area contributed by atoms with Crippen molar-refractivity contribution < 1.29 is 4.79 Å². The van der Waals surface area contributed by atoms with Crippen LogP contribution in [0.3, 0.4) is 0 Å². The van der Waals surface area contributed by atoms with Crippen molar-refractivity contribution in [3.05, 3.63) is 34.9 Å². The summed E-state index contributed by atoms with van der Waals surface area (Å²) in [5.41, 5.74) is 8.83. The summed E-state index contributed by atoms with van der Waals surface area (Å²) >= 11 is 0. The zero-order valence-corrected chi connectivity index (χ0v) is 13.5. The number of unbranched alkanes of at least 4 members (excludes halogenated alkanes) is 1. The maximum Gasteiger partial charge on any atom is 0.253 e. The van der Waals surface area contributed by atoms with E-state index >= 15 is 0 Å². The Labute approximate surface area is 123 Å². The molecule has 1 aromatic rings. The Kier molecular flexibility index (Phi) is 5.75. The molecule has 0 aliphatic carbocycles. The van der Waals surface area contributed by atoms with Gasteiger partial charge < -0.3 is 10.6 Å². The standard InChI is InChI=1S/C17H28N2O/c1-17(2,3)15-11-13(8-6-7-9-18)10-14(12-15)16(20)19(4)5/h10-12H,6-9,18H2,1-5H3. The first-order chi connectivity index (χ1) is 9.25. The molecular weight excluding hydrogens is 248 g/mol. The first-order valence-electron chi connectivity index (χ1n) is 7.32. The van der Waals surface area contributed by atoms with Crippen LogP contribution in [0.5, 0.6) is 0 Å². The second-order valence-electron chi connectivity index (χ2n) is 6.61. The lowest BCUT2D eigenvalue weighted by Gasteiger charge is -2.22. The molecule has 1 aromatic carbocycles. The summed E-state index contributed by atoms with van der Waals surface area (Å²) in [7, 11) is 3.58. The summed E-state index contributed by atoms with van der Waals surface area (Å²) in [5, 5.41) is 0. The minimum Gasteiger partial charge on any atom is -0.345 e. The Morgan fingerprint density at radius 3 is 2.30 bits per heavy atom. The van der Waals surface area contributed by atoms with Crippen LogP contribution >= 0.6 is 0 Å². The van der Waals surface area contributed by atoms with Crippen molar-refractivity contribution in [1.29, 1.82) is 0 Å². The summed E-state index contributed by atoms with van der Waals surface area (Å²) in [6, 6.07) is 6.27. The molecule has 0 atom stereocenters. The van der Waals surface area contributed by atoms with Gasteiger partial charge in [-0.2, -0.15) is 0 Å². The van der Waals surface area contributed by atoms with Crippen LogP contribution in [-0.2, 0) is 11.8 Å². The molecular formula is C17H28N2O. The van der Waals surface area contributed by atoms with Gasteiger partial charge in [-0.25, -0.2) is 0 Å². The zero-order chi connectivity index (χ0) is 15.3. The largest absolute Gasteiger partial charge is 0.345 e. The Morgan fingerprint density at radius 2 is 1.80 bits per heavy atom. The number of hydrogen-bond acceptors (Lipinski definition) is 2. The van der Waals surface area contributed by atoms with Gasteiger partial charge in [0, 0.05) is 19.7 Å². The van der Waals surface area contributed by atoms with E-state index in [-0.39, 0.29) is 11.3 Å². The molecule has 1 amide bonds. The maximum atomic E-state index is 12.2. The van der Waals surface area contributed by atoms with Crippen LogP contribution in [0.2, 0.25) is 0 Å². The SMILES string of the molecule is CN(C)C(=O)c1cc(CCCCN)cc(C(C)(C)C)c1. The molecule has 0 aliphatic heterocycles. The normalized spacial score (nSPS) is 11.5. The Morgan fingerprint density at radius 1 is 1.15 bits per heavy atom. The predicted octanol–water partition coefficient (Wildman–Crippen LogP) is 2.97. The summed E-state index contributed by atoms with van der Waals surface area (Å²) < 4.78 is 0. The van der Waals surface area contributed by atoms with Crippen molar-refractivity contribution in [2.24, 2.45) is 5.73 Å². The fourth-order valence-electron chi connectivity index (χ4n) is 2.12. The molecule has 0 heterocycles. The first kappa shape index (κ1) is 16.7. The maximum absolute atomic E-state index is 12.2. The topological polar surface area (TPSA) is 46.3 Å². The summed E-state index contributed by atoms with van der Waals surface area (Å²) in [5.74, 6) is 0.0659. The quantitative estimate of drug-likeness (QED) is 0.840. The van der Waals surface area contributed by atoms with E-state index in [4.69, 9.17) is 5.73 Å². The van der Waals surface area contributed by atoms with Gasteiger partial charge in [0.1, 0.15) is 0 Å². The molecule has 0 radical (unpaired) electrons. The van der Waals surface area contributed by atoms with Crippen molar-refractivity contribution in [3.63, 3.8) is 0 Å². The van der Waals surface area contributed by atoms with Crippen molar-refractivity contribution in [1.82, 2.24) is 4.90 Å². The van der Waals surface area contributed by atoms with Gasteiger partial charge in [0.05, 0.1) is 0 Å². The molecule has 0 aromatic heterocycles. The molecule has 20 heavy (non-hydrogen) atoms. The van der Waals surface area contributed by atoms with E-state index in [9.17, 15) is 4.79 Å². The highest BCUT2D eigenvalue weighted by Crippen LogP contribution is 2.25. The number of aryl methyl sites for hydroxylation is 1. The van der Waals surface area contributed by atoms with Crippen LogP contribution in [-0.4, -0.2) is 31.4 Å². The van der Waals surface area contributed by atoms with Crippen molar-refractivity contribution >= 4 is 5.91 Å². The predicted molar refractivity (Wildman–Crippen MR) is 85.2 cm³/mol. The first-order valence-corrected chi connectivity index (χ1v) is 7.32. The van der Waals surface area contributed by atoms with Gasteiger partial charge in [0.2, 0.25) is 0 Å². The second-order valence-corrected chi connectivity index (χ2v) is 6.61. The fourth-order valence-corrected chi connectivity index (χ4v) is 2.12. The van der Waals surface area contributed by atoms with Gasteiger partial charge in [-0.1, -0.05) is 26.8 Å². The molecule has 0 unspecified atom stereocenters. The van der Waals surface area contributed by atoms with E-state index in [2.05, 4.69) is 26.8 Å². The van der Waals surface area contributed by atoms with Crippen molar-refractivity contribution in [2.75, 3.05) is 20.6 Å². The van der Waals surface area contributed by atoms with E-state index in [0.717, 1.165) is 31.4 Å². The number of benzene rings is 1. The molecule has 112 valence electrons. The lowest BCUT2D eigenvalue weighted by atomic mass is 9.84. The van der Waals surface area contributed by atoms with Crippen LogP contribution in [0, 0.1) is 0 Å². The molecule has 3 heteroatoms. The smallest absolute Gasteiger partial charge is 0.253 e. The van der Waals surface area contributed by atoms with Gasteiger partial charge in [-0.05, 0) is 54.5 Å². The molecule has 3 nitrogen and oxygen atoms in total. The third kappa shape index (κ3) is 4.64. The van der Waals surface area contributed by atoms with Crippen molar-refractivity contribution in [2.45, 2.75) is 45.4 Å². The number of nitrogens with zero attached hydrogens (tertiary/aromatic N) is 1. The average molecular weight is 276 g/mol. The van der Waals surface area contributed by atoms with E-state index in [1.165, 1.54) is 11.1 Å². The van der Waals surface area contributed by atoms with Crippen LogP contribution in [0.4, 0.5) is 0 Å². The van der Waals surface area contributed by atoms with Crippen LogP contribution in [0.15, 0.2) is 18.2 Å². The molecule has 1 rings (SSSR count). The van der Waals surface area contributed by atoms with Gasteiger partial charge >= 0.3 is 0 Å². The fraction of sp³-hybridized carbons (Fsp3) is 0.588. The van der Waals surface area contributed by atoms with Gasteiger partial charge in [-0.3, -0.25) is 4.79 Å². The van der Waals surface area contributed by atoms with E-state index in [0.29, 0.717) is 0 Å². The van der Waals surface area contributed by atoms with E-state index in [1.807, 2.05) is 12.1 Å². The second kappa shape index (κ2) is 6.89. The van der Waals surface area contributed by atoms with Crippen LogP contribution < -0.4 is 5.73 Å². The lowest BCUT2D eigenvalue weighted by molar-refractivity contribution is 0.0827. The zero-order valence-electron chi connectivity index (χ0n) is 13.5. The molecule has 0 spiro atoms.